The van der Waals surface area contributed by atoms with Gasteiger partial charge in [0, 0.05) is 18.2 Å². The SMILES string of the molecule is O=C(Cc1cnn(-c2ccccc2)c1)N[C@H]1CCOc2ccccc21. The average Bonchev–Trinajstić information content (AvgIpc) is 3.11. The van der Waals surface area contributed by atoms with Crippen molar-refractivity contribution in [1.82, 2.24) is 15.1 Å². The van der Waals surface area contributed by atoms with Crippen molar-refractivity contribution in [3.05, 3.63) is 78.1 Å². The van der Waals surface area contributed by atoms with E-state index in [-0.39, 0.29) is 11.9 Å². The number of aromatic nitrogens is 2. The molecule has 126 valence electrons. The quantitative estimate of drug-likeness (QED) is 0.798. The highest BCUT2D eigenvalue weighted by Gasteiger charge is 2.22. The van der Waals surface area contributed by atoms with Crippen molar-refractivity contribution in [1.29, 1.82) is 0 Å². The predicted octanol–water partition coefficient (Wildman–Crippen LogP) is 3.05. The lowest BCUT2D eigenvalue weighted by Crippen LogP contribution is -2.33. The van der Waals surface area contributed by atoms with E-state index in [2.05, 4.69) is 10.4 Å². The third kappa shape index (κ3) is 3.40. The molecule has 25 heavy (non-hydrogen) atoms. The van der Waals surface area contributed by atoms with Crippen LogP contribution < -0.4 is 10.1 Å². The predicted molar refractivity (Wildman–Crippen MR) is 94.7 cm³/mol. The van der Waals surface area contributed by atoms with Crippen molar-refractivity contribution >= 4 is 5.91 Å². The molecule has 1 aliphatic heterocycles. The first-order valence-corrected chi connectivity index (χ1v) is 8.40. The van der Waals surface area contributed by atoms with Crippen molar-refractivity contribution in [2.24, 2.45) is 0 Å². The minimum atomic E-state index is -0.00526. The number of ether oxygens (including phenoxy) is 1. The van der Waals surface area contributed by atoms with Gasteiger partial charge in [-0.15, -0.1) is 0 Å². The molecule has 5 nitrogen and oxygen atoms in total. The van der Waals surface area contributed by atoms with Crippen LogP contribution in [0.2, 0.25) is 0 Å². The van der Waals surface area contributed by atoms with Gasteiger partial charge in [0.15, 0.2) is 0 Å². The molecule has 0 fully saturated rings. The van der Waals surface area contributed by atoms with Gasteiger partial charge in [0.25, 0.3) is 0 Å². The van der Waals surface area contributed by atoms with Crippen LogP contribution in [-0.2, 0) is 11.2 Å². The summed E-state index contributed by atoms with van der Waals surface area (Å²) in [6.45, 7) is 0.619. The van der Waals surface area contributed by atoms with Crippen LogP contribution in [0.5, 0.6) is 5.75 Å². The number of para-hydroxylation sites is 2. The van der Waals surface area contributed by atoms with Gasteiger partial charge in [0.05, 0.1) is 31.0 Å². The highest BCUT2D eigenvalue weighted by Crippen LogP contribution is 2.31. The van der Waals surface area contributed by atoms with Crippen molar-refractivity contribution < 1.29 is 9.53 Å². The minimum Gasteiger partial charge on any atom is -0.493 e. The van der Waals surface area contributed by atoms with Gasteiger partial charge in [-0.05, 0) is 23.8 Å². The molecule has 0 unspecified atom stereocenters. The number of fused-ring (bicyclic) bond motifs is 1. The third-order valence-electron chi connectivity index (χ3n) is 4.32. The second kappa shape index (κ2) is 6.81. The summed E-state index contributed by atoms with van der Waals surface area (Å²) >= 11 is 0. The van der Waals surface area contributed by atoms with Crippen LogP contribution in [0.15, 0.2) is 67.0 Å². The molecule has 0 radical (unpaired) electrons. The van der Waals surface area contributed by atoms with Crippen molar-refractivity contribution in [2.45, 2.75) is 18.9 Å². The van der Waals surface area contributed by atoms with E-state index < -0.39 is 0 Å². The number of benzene rings is 2. The molecule has 1 atom stereocenters. The van der Waals surface area contributed by atoms with Gasteiger partial charge in [0.2, 0.25) is 5.91 Å². The maximum absolute atomic E-state index is 12.4. The highest BCUT2D eigenvalue weighted by atomic mass is 16.5. The Hall–Kier alpha value is -3.08. The second-order valence-electron chi connectivity index (χ2n) is 6.10. The number of carbonyl (C=O) groups excluding carboxylic acids is 1. The molecular weight excluding hydrogens is 314 g/mol. The monoisotopic (exact) mass is 333 g/mol. The van der Waals surface area contributed by atoms with Gasteiger partial charge >= 0.3 is 0 Å². The van der Waals surface area contributed by atoms with Gasteiger partial charge in [-0.1, -0.05) is 36.4 Å². The van der Waals surface area contributed by atoms with E-state index in [9.17, 15) is 4.79 Å². The summed E-state index contributed by atoms with van der Waals surface area (Å²) in [6, 6.07) is 17.7. The summed E-state index contributed by atoms with van der Waals surface area (Å²) in [5.41, 5.74) is 2.91. The lowest BCUT2D eigenvalue weighted by atomic mass is 10.0. The van der Waals surface area contributed by atoms with Gasteiger partial charge in [-0.3, -0.25) is 4.79 Å². The Labute approximate surface area is 146 Å². The summed E-state index contributed by atoms with van der Waals surface area (Å²) < 4.78 is 7.43. The van der Waals surface area contributed by atoms with E-state index in [0.717, 1.165) is 29.0 Å². The number of hydrogen-bond acceptors (Lipinski definition) is 3. The topological polar surface area (TPSA) is 56.2 Å². The fourth-order valence-corrected chi connectivity index (χ4v) is 3.10. The number of rotatable bonds is 4. The Balaban J connectivity index is 1.43. The van der Waals surface area contributed by atoms with E-state index in [0.29, 0.717) is 13.0 Å². The molecule has 0 saturated heterocycles. The molecule has 1 aliphatic rings. The van der Waals surface area contributed by atoms with E-state index in [1.165, 1.54) is 0 Å². The van der Waals surface area contributed by atoms with Crippen LogP contribution in [-0.4, -0.2) is 22.3 Å². The third-order valence-corrected chi connectivity index (χ3v) is 4.32. The molecule has 0 saturated carbocycles. The smallest absolute Gasteiger partial charge is 0.225 e. The zero-order valence-electron chi connectivity index (χ0n) is 13.8. The van der Waals surface area contributed by atoms with E-state index in [4.69, 9.17) is 4.74 Å². The number of hydrogen-bond donors (Lipinski definition) is 1. The first-order valence-electron chi connectivity index (χ1n) is 8.40. The summed E-state index contributed by atoms with van der Waals surface area (Å²) in [6.07, 6.45) is 4.73. The van der Waals surface area contributed by atoms with Crippen molar-refractivity contribution in [2.75, 3.05) is 6.61 Å². The molecule has 0 aliphatic carbocycles. The number of amides is 1. The fourth-order valence-electron chi connectivity index (χ4n) is 3.10. The van der Waals surface area contributed by atoms with Crippen LogP contribution in [0.4, 0.5) is 0 Å². The largest absolute Gasteiger partial charge is 0.493 e. The Morgan fingerprint density at radius 1 is 1.16 bits per heavy atom. The number of carbonyl (C=O) groups is 1. The summed E-state index contributed by atoms with van der Waals surface area (Å²) in [4.78, 5) is 12.4. The Bertz CT molecular complexity index is 873. The van der Waals surface area contributed by atoms with Crippen LogP contribution in [0.3, 0.4) is 0 Å². The molecule has 2 heterocycles. The highest BCUT2D eigenvalue weighted by molar-refractivity contribution is 5.79. The Morgan fingerprint density at radius 2 is 1.96 bits per heavy atom. The second-order valence-corrected chi connectivity index (χ2v) is 6.10. The molecule has 5 heteroatoms. The first-order chi connectivity index (χ1) is 12.3. The molecule has 0 spiro atoms. The van der Waals surface area contributed by atoms with Crippen LogP contribution in [0, 0.1) is 0 Å². The molecule has 1 amide bonds. The van der Waals surface area contributed by atoms with Gasteiger partial charge < -0.3 is 10.1 Å². The minimum absolute atomic E-state index is 0.00150. The van der Waals surface area contributed by atoms with E-state index in [1.54, 1.807) is 10.9 Å². The van der Waals surface area contributed by atoms with Crippen LogP contribution >= 0.6 is 0 Å². The van der Waals surface area contributed by atoms with Crippen molar-refractivity contribution in [3.63, 3.8) is 0 Å². The summed E-state index contributed by atoms with van der Waals surface area (Å²) in [7, 11) is 0. The van der Waals surface area contributed by atoms with E-state index in [1.807, 2.05) is 60.8 Å². The van der Waals surface area contributed by atoms with Gasteiger partial charge in [-0.2, -0.15) is 5.10 Å². The van der Waals surface area contributed by atoms with Crippen LogP contribution in [0.25, 0.3) is 5.69 Å². The Morgan fingerprint density at radius 3 is 2.84 bits per heavy atom. The average molecular weight is 333 g/mol. The molecule has 1 aromatic heterocycles. The maximum atomic E-state index is 12.4. The Kier molecular flexibility index (Phi) is 4.21. The van der Waals surface area contributed by atoms with Gasteiger partial charge in [-0.25, -0.2) is 4.68 Å². The molecular formula is C20H19N3O2. The molecule has 0 bridgehead atoms. The first kappa shape index (κ1) is 15.4. The zero-order chi connectivity index (χ0) is 17.1. The molecule has 3 aromatic rings. The number of nitrogens with one attached hydrogen (secondary N) is 1. The lowest BCUT2D eigenvalue weighted by Gasteiger charge is -2.26. The molecule has 2 aromatic carbocycles. The summed E-state index contributed by atoms with van der Waals surface area (Å²) in [5.74, 6) is 0.852. The van der Waals surface area contributed by atoms with Gasteiger partial charge in [0.1, 0.15) is 5.75 Å². The van der Waals surface area contributed by atoms with E-state index >= 15 is 0 Å². The lowest BCUT2D eigenvalue weighted by molar-refractivity contribution is -0.121. The zero-order valence-corrected chi connectivity index (χ0v) is 13.8. The van der Waals surface area contributed by atoms with Crippen molar-refractivity contribution in [3.8, 4) is 11.4 Å². The summed E-state index contributed by atoms with van der Waals surface area (Å²) in [5, 5.41) is 7.46. The molecule has 4 rings (SSSR count). The standard InChI is InChI=1S/C20H19N3O2/c24-20(22-18-10-11-25-19-9-5-4-8-17(18)19)12-15-13-21-23(14-15)16-6-2-1-3-7-16/h1-9,13-14,18H,10-12H2,(H,22,24)/t18-/m0/s1. The molecule has 1 N–H and O–H groups in total. The maximum Gasteiger partial charge on any atom is 0.225 e. The fraction of sp³-hybridized carbons (Fsp3) is 0.200. The van der Waals surface area contributed by atoms with Crippen LogP contribution in [0.1, 0.15) is 23.6 Å². The normalized spacial score (nSPS) is 15.9. The number of nitrogens with zero attached hydrogens (tertiary/aromatic N) is 2.